The van der Waals surface area contributed by atoms with E-state index in [2.05, 4.69) is 27.8 Å². The molecular weight excluding hydrogens is 308 g/mol. The van der Waals surface area contributed by atoms with Crippen LogP contribution >= 0.6 is 22.7 Å². The first-order valence-electron chi connectivity index (χ1n) is 6.63. The van der Waals surface area contributed by atoms with Crippen molar-refractivity contribution in [2.45, 2.75) is 32.3 Å². The van der Waals surface area contributed by atoms with Crippen LogP contribution in [0.25, 0.3) is 0 Å². The van der Waals surface area contributed by atoms with Crippen molar-refractivity contribution in [2.75, 3.05) is 11.9 Å². The highest BCUT2D eigenvalue weighted by Crippen LogP contribution is 2.22. The molecule has 0 aliphatic carbocycles. The highest BCUT2D eigenvalue weighted by molar-refractivity contribution is 7.15. The zero-order valence-electron chi connectivity index (χ0n) is 11.9. The summed E-state index contributed by atoms with van der Waals surface area (Å²) in [5.41, 5.74) is -0.305. The van der Waals surface area contributed by atoms with Crippen LogP contribution in [0.3, 0.4) is 0 Å². The summed E-state index contributed by atoms with van der Waals surface area (Å²) in [5.74, 6) is 0. The SMILES string of the molecule is CCCc1nnc(NC(=O)NC[C@@](C)(O)c2ccsc2)s1. The highest BCUT2D eigenvalue weighted by Gasteiger charge is 2.24. The van der Waals surface area contributed by atoms with Crippen molar-refractivity contribution in [3.05, 3.63) is 27.4 Å². The third-order valence-corrected chi connectivity index (χ3v) is 4.47. The number of aromatic nitrogens is 2. The van der Waals surface area contributed by atoms with Crippen LogP contribution in [0.15, 0.2) is 16.8 Å². The number of aliphatic hydroxyl groups is 1. The fourth-order valence-electron chi connectivity index (χ4n) is 1.69. The molecule has 2 aromatic rings. The first kappa shape index (κ1) is 15.9. The molecule has 3 N–H and O–H groups in total. The van der Waals surface area contributed by atoms with Crippen LogP contribution in [0.1, 0.15) is 30.8 Å². The van der Waals surface area contributed by atoms with E-state index in [0.29, 0.717) is 5.13 Å². The van der Waals surface area contributed by atoms with E-state index >= 15 is 0 Å². The van der Waals surface area contributed by atoms with Crippen molar-refractivity contribution in [3.63, 3.8) is 0 Å². The van der Waals surface area contributed by atoms with Gasteiger partial charge in [-0.3, -0.25) is 5.32 Å². The zero-order chi connectivity index (χ0) is 15.3. The summed E-state index contributed by atoms with van der Waals surface area (Å²) >= 11 is 2.87. The van der Waals surface area contributed by atoms with Gasteiger partial charge in [-0.25, -0.2) is 4.79 Å². The Balaban J connectivity index is 1.84. The largest absolute Gasteiger partial charge is 0.384 e. The molecule has 6 nitrogen and oxygen atoms in total. The van der Waals surface area contributed by atoms with Crippen molar-refractivity contribution in [1.29, 1.82) is 0 Å². The second-order valence-corrected chi connectivity index (χ2v) is 6.69. The molecule has 0 spiro atoms. The number of aryl methyl sites for hydroxylation is 1. The lowest BCUT2D eigenvalue weighted by molar-refractivity contribution is 0.0604. The molecule has 2 aromatic heterocycles. The number of hydrogen-bond donors (Lipinski definition) is 3. The predicted molar refractivity (Wildman–Crippen MR) is 84.8 cm³/mol. The Kier molecular flexibility index (Phi) is 5.27. The van der Waals surface area contributed by atoms with Crippen LogP contribution in [0.2, 0.25) is 0 Å². The van der Waals surface area contributed by atoms with Crippen LogP contribution in [0, 0.1) is 0 Å². The molecular formula is C13H18N4O2S2. The van der Waals surface area contributed by atoms with Gasteiger partial charge in [-0.05, 0) is 35.7 Å². The third kappa shape index (κ3) is 4.48. The molecule has 2 rings (SSSR count). The van der Waals surface area contributed by atoms with Gasteiger partial charge >= 0.3 is 6.03 Å². The van der Waals surface area contributed by atoms with Crippen molar-refractivity contribution >= 4 is 33.8 Å². The van der Waals surface area contributed by atoms with E-state index in [0.717, 1.165) is 23.4 Å². The molecule has 1 atom stereocenters. The van der Waals surface area contributed by atoms with Crippen LogP contribution in [-0.4, -0.2) is 27.9 Å². The summed E-state index contributed by atoms with van der Waals surface area (Å²) in [7, 11) is 0. The van der Waals surface area contributed by atoms with Crippen molar-refractivity contribution < 1.29 is 9.90 Å². The smallest absolute Gasteiger partial charge is 0.321 e. The first-order valence-corrected chi connectivity index (χ1v) is 8.39. The van der Waals surface area contributed by atoms with Gasteiger partial charge in [0.25, 0.3) is 0 Å². The molecule has 0 aromatic carbocycles. The molecule has 0 saturated carbocycles. The Morgan fingerprint density at radius 1 is 1.48 bits per heavy atom. The average Bonchev–Trinajstić information content (AvgIpc) is 3.09. The van der Waals surface area contributed by atoms with Gasteiger partial charge in [0, 0.05) is 6.42 Å². The topological polar surface area (TPSA) is 87.1 Å². The van der Waals surface area contributed by atoms with Gasteiger partial charge in [-0.2, -0.15) is 11.3 Å². The maximum absolute atomic E-state index is 11.8. The monoisotopic (exact) mass is 326 g/mol. The second-order valence-electron chi connectivity index (χ2n) is 4.84. The minimum absolute atomic E-state index is 0.121. The lowest BCUT2D eigenvalue weighted by atomic mass is 9.99. The molecule has 0 unspecified atom stereocenters. The molecule has 2 heterocycles. The molecule has 2 amide bonds. The number of anilines is 1. The first-order chi connectivity index (χ1) is 10.0. The summed E-state index contributed by atoms with van der Waals surface area (Å²) in [5, 5.41) is 28.6. The summed E-state index contributed by atoms with van der Waals surface area (Å²) < 4.78 is 0. The molecule has 0 fully saturated rings. The van der Waals surface area contributed by atoms with Crippen molar-refractivity contribution in [2.24, 2.45) is 0 Å². The Bertz CT molecular complexity index is 581. The normalized spacial score (nSPS) is 13.7. The van der Waals surface area contributed by atoms with Gasteiger partial charge in [0.1, 0.15) is 10.6 Å². The van der Waals surface area contributed by atoms with Crippen LogP contribution in [0.4, 0.5) is 9.93 Å². The van der Waals surface area contributed by atoms with E-state index in [9.17, 15) is 9.90 Å². The fraction of sp³-hybridized carbons (Fsp3) is 0.462. The highest BCUT2D eigenvalue weighted by atomic mass is 32.1. The lowest BCUT2D eigenvalue weighted by Crippen LogP contribution is -2.40. The summed E-state index contributed by atoms with van der Waals surface area (Å²) in [6.07, 6.45) is 1.85. The predicted octanol–water partition coefficient (Wildman–Crippen LogP) is 2.58. The molecule has 0 aliphatic heterocycles. The summed E-state index contributed by atoms with van der Waals surface area (Å²) in [6, 6.07) is 1.44. The maximum Gasteiger partial charge on any atom is 0.321 e. The number of hydrogen-bond acceptors (Lipinski definition) is 6. The standard InChI is InChI=1S/C13H18N4O2S2/c1-3-4-10-16-17-12(21-10)15-11(18)14-8-13(2,19)9-5-6-20-7-9/h5-7,19H,3-4,8H2,1-2H3,(H2,14,15,17,18)/t13-/m1/s1. The molecule has 0 aliphatic rings. The molecule has 8 heteroatoms. The number of rotatable bonds is 6. The summed E-state index contributed by atoms with van der Waals surface area (Å²) in [4.78, 5) is 11.8. The van der Waals surface area contributed by atoms with E-state index < -0.39 is 11.6 Å². The maximum atomic E-state index is 11.8. The summed E-state index contributed by atoms with van der Waals surface area (Å²) in [6.45, 7) is 3.85. The number of urea groups is 1. The van der Waals surface area contributed by atoms with E-state index in [1.165, 1.54) is 22.7 Å². The average molecular weight is 326 g/mol. The Hall–Kier alpha value is -1.51. The minimum Gasteiger partial charge on any atom is -0.384 e. The quantitative estimate of drug-likeness (QED) is 0.761. The van der Waals surface area contributed by atoms with Gasteiger partial charge in [0.2, 0.25) is 5.13 Å². The van der Waals surface area contributed by atoms with Gasteiger partial charge in [-0.15, -0.1) is 10.2 Å². The number of carbonyl (C=O) groups excluding carboxylic acids is 1. The van der Waals surface area contributed by atoms with Gasteiger partial charge < -0.3 is 10.4 Å². The number of nitrogens with zero attached hydrogens (tertiary/aromatic N) is 2. The van der Waals surface area contributed by atoms with Crippen molar-refractivity contribution in [3.8, 4) is 0 Å². The number of amides is 2. The van der Waals surface area contributed by atoms with Gasteiger partial charge in [0.15, 0.2) is 0 Å². The number of thiophene rings is 1. The van der Waals surface area contributed by atoms with Crippen LogP contribution < -0.4 is 10.6 Å². The van der Waals surface area contributed by atoms with Crippen molar-refractivity contribution in [1.82, 2.24) is 15.5 Å². The second kappa shape index (κ2) is 6.97. The molecule has 0 saturated heterocycles. The molecule has 0 radical (unpaired) electrons. The van der Waals surface area contributed by atoms with Gasteiger partial charge in [-0.1, -0.05) is 18.3 Å². The molecule has 21 heavy (non-hydrogen) atoms. The third-order valence-electron chi connectivity index (χ3n) is 2.89. The van der Waals surface area contributed by atoms with E-state index in [4.69, 9.17) is 0 Å². The Morgan fingerprint density at radius 3 is 2.95 bits per heavy atom. The zero-order valence-corrected chi connectivity index (χ0v) is 13.6. The van der Waals surface area contributed by atoms with E-state index in [1.807, 2.05) is 16.8 Å². The number of nitrogens with one attached hydrogen (secondary N) is 2. The molecule has 0 bridgehead atoms. The minimum atomic E-state index is -1.09. The van der Waals surface area contributed by atoms with Gasteiger partial charge in [0.05, 0.1) is 6.54 Å². The Labute approximate surface area is 131 Å². The van der Waals surface area contributed by atoms with Crippen LogP contribution in [0.5, 0.6) is 0 Å². The fourth-order valence-corrected chi connectivity index (χ4v) is 3.30. The Morgan fingerprint density at radius 2 is 2.29 bits per heavy atom. The lowest BCUT2D eigenvalue weighted by Gasteiger charge is -2.22. The molecule has 114 valence electrons. The van der Waals surface area contributed by atoms with E-state index in [1.54, 1.807) is 6.92 Å². The number of carbonyl (C=O) groups is 1. The van der Waals surface area contributed by atoms with Crippen LogP contribution in [-0.2, 0) is 12.0 Å². The van der Waals surface area contributed by atoms with E-state index in [-0.39, 0.29) is 6.54 Å².